The van der Waals surface area contributed by atoms with E-state index in [9.17, 15) is 0 Å². The van der Waals surface area contributed by atoms with Crippen LogP contribution in [0.3, 0.4) is 0 Å². The first-order valence-corrected chi connectivity index (χ1v) is 7.37. The van der Waals surface area contributed by atoms with Gasteiger partial charge in [0.2, 0.25) is 0 Å². The fourth-order valence-electron chi connectivity index (χ4n) is 2.47. The van der Waals surface area contributed by atoms with Crippen molar-refractivity contribution in [2.24, 2.45) is 0 Å². The summed E-state index contributed by atoms with van der Waals surface area (Å²) in [5.41, 5.74) is 5.84. The minimum atomic E-state index is 0.731. The van der Waals surface area contributed by atoms with Gasteiger partial charge in [-0.25, -0.2) is 0 Å². The number of hydrogen-bond acceptors (Lipinski definition) is 2. The van der Waals surface area contributed by atoms with E-state index in [2.05, 4.69) is 42.3 Å². The van der Waals surface area contributed by atoms with Crippen LogP contribution in [0.15, 0.2) is 48.7 Å². The molecule has 0 unspecified atom stereocenters. The molecule has 0 saturated carbocycles. The van der Waals surface area contributed by atoms with Gasteiger partial charge in [-0.05, 0) is 54.8 Å². The summed E-state index contributed by atoms with van der Waals surface area (Å²) in [7, 11) is 0. The third kappa shape index (κ3) is 2.72. The maximum Gasteiger partial charge on any atom is 0.0766 e. The molecule has 0 atom stereocenters. The van der Waals surface area contributed by atoms with E-state index in [4.69, 9.17) is 11.6 Å². The van der Waals surface area contributed by atoms with Crippen LogP contribution in [0.4, 0.5) is 5.69 Å². The monoisotopic (exact) mass is 296 g/mol. The number of benzene rings is 2. The molecule has 0 amide bonds. The zero-order chi connectivity index (χ0) is 14.8. The molecule has 1 N–H and O–H groups in total. The molecule has 0 spiro atoms. The first kappa shape index (κ1) is 13.9. The minimum absolute atomic E-state index is 0.731. The van der Waals surface area contributed by atoms with Crippen LogP contribution in [0.5, 0.6) is 0 Å². The molecule has 0 bridgehead atoms. The van der Waals surface area contributed by atoms with Crippen LogP contribution in [-0.2, 0) is 6.54 Å². The Bertz CT molecular complexity index is 796. The van der Waals surface area contributed by atoms with Crippen LogP contribution in [0.2, 0.25) is 5.02 Å². The number of rotatable bonds is 3. The number of nitrogens with zero attached hydrogens (tertiary/aromatic N) is 1. The zero-order valence-corrected chi connectivity index (χ0v) is 12.9. The first-order chi connectivity index (χ1) is 10.2. The Hall–Kier alpha value is -2.06. The summed E-state index contributed by atoms with van der Waals surface area (Å²) in [5, 5.41) is 5.24. The SMILES string of the molecule is Cc1cccc(NCc2ccc(Cl)c3cccnc23)c1C. The van der Waals surface area contributed by atoms with Gasteiger partial charge in [0, 0.05) is 28.8 Å². The van der Waals surface area contributed by atoms with Crippen LogP contribution in [0.25, 0.3) is 10.9 Å². The van der Waals surface area contributed by atoms with Crippen LogP contribution in [0.1, 0.15) is 16.7 Å². The number of aryl methyl sites for hydroxylation is 1. The highest BCUT2D eigenvalue weighted by Gasteiger charge is 2.06. The molecule has 0 radical (unpaired) electrons. The van der Waals surface area contributed by atoms with Crippen molar-refractivity contribution in [2.75, 3.05) is 5.32 Å². The fourth-order valence-corrected chi connectivity index (χ4v) is 2.69. The normalized spacial score (nSPS) is 10.8. The van der Waals surface area contributed by atoms with Crippen molar-refractivity contribution in [1.29, 1.82) is 0 Å². The number of aromatic nitrogens is 1. The van der Waals surface area contributed by atoms with Crippen molar-refractivity contribution in [1.82, 2.24) is 4.98 Å². The van der Waals surface area contributed by atoms with E-state index in [0.29, 0.717) is 0 Å². The Morgan fingerprint density at radius 1 is 1.05 bits per heavy atom. The lowest BCUT2D eigenvalue weighted by Gasteiger charge is -2.13. The van der Waals surface area contributed by atoms with Crippen molar-refractivity contribution in [2.45, 2.75) is 20.4 Å². The van der Waals surface area contributed by atoms with E-state index in [0.717, 1.165) is 33.7 Å². The second-order valence-corrected chi connectivity index (χ2v) is 5.61. The van der Waals surface area contributed by atoms with Gasteiger partial charge in [-0.2, -0.15) is 0 Å². The highest BCUT2D eigenvalue weighted by atomic mass is 35.5. The lowest BCUT2D eigenvalue weighted by molar-refractivity contribution is 1.14. The van der Waals surface area contributed by atoms with Crippen LogP contribution < -0.4 is 5.32 Å². The molecule has 3 heteroatoms. The molecule has 3 aromatic rings. The molecule has 0 aliphatic rings. The van der Waals surface area contributed by atoms with E-state index in [-0.39, 0.29) is 0 Å². The summed E-state index contributed by atoms with van der Waals surface area (Å²) in [6, 6.07) is 14.2. The molecule has 0 aliphatic carbocycles. The maximum absolute atomic E-state index is 6.23. The zero-order valence-electron chi connectivity index (χ0n) is 12.2. The highest BCUT2D eigenvalue weighted by Crippen LogP contribution is 2.26. The number of anilines is 1. The number of halogens is 1. The van der Waals surface area contributed by atoms with Crippen molar-refractivity contribution in [3.63, 3.8) is 0 Å². The maximum atomic E-state index is 6.23. The standard InChI is InChI=1S/C18H17ClN2/c1-12-5-3-7-17(13(12)2)21-11-14-8-9-16(19)15-6-4-10-20-18(14)15/h3-10,21H,11H2,1-2H3. The fraction of sp³-hybridized carbons (Fsp3) is 0.167. The van der Waals surface area contributed by atoms with Crippen LogP contribution in [-0.4, -0.2) is 4.98 Å². The largest absolute Gasteiger partial charge is 0.381 e. The molecule has 0 saturated heterocycles. The lowest BCUT2D eigenvalue weighted by atomic mass is 10.1. The third-order valence-corrected chi connectivity index (χ3v) is 4.20. The van der Waals surface area contributed by atoms with E-state index in [1.54, 1.807) is 6.20 Å². The molecule has 1 heterocycles. The van der Waals surface area contributed by atoms with Gasteiger partial charge < -0.3 is 5.32 Å². The second-order valence-electron chi connectivity index (χ2n) is 5.21. The van der Waals surface area contributed by atoms with E-state index >= 15 is 0 Å². The molecule has 0 fully saturated rings. The van der Waals surface area contributed by atoms with Crippen LogP contribution >= 0.6 is 11.6 Å². The van der Waals surface area contributed by atoms with Crippen LogP contribution in [0, 0.1) is 13.8 Å². The predicted molar refractivity (Wildman–Crippen MR) is 90.0 cm³/mol. The topological polar surface area (TPSA) is 24.9 Å². The van der Waals surface area contributed by atoms with Gasteiger partial charge in [0.15, 0.2) is 0 Å². The minimum Gasteiger partial charge on any atom is -0.381 e. The number of fused-ring (bicyclic) bond motifs is 1. The molecule has 0 aliphatic heterocycles. The molecular formula is C18H17ClN2. The molecule has 3 rings (SSSR count). The van der Waals surface area contributed by atoms with Gasteiger partial charge in [-0.3, -0.25) is 4.98 Å². The van der Waals surface area contributed by atoms with Gasteiger partial charge in [0.1, 0.15) is 0 Å². The molecular weight excluding hydrogens is 280 g/mol. The lowest BCUT2D eigenvalue weighted by Crippen LogP contribution is -2.03. The van der Waals surface area contributed by atoms with Crippen molar-refractivity contribution >= 4 is 28.2 Å². The summed E-state index contributed by atoms with van der Waals surface area (Å²) >= 11 is 6.23. The molecule has 1 aromatic heterocycles. The summed E-state index contributed by atoms with van der Waals surface area (Å²) in [6.07, 6.45) is 1.81. The van der Waals surface area contributed by atoms with Crippen molar-refractivity contribution < 1.29 is 0 Å². The predicted octanol–water partition coefficient (Wildman–Crippen LogP) is 5.12. The number of hydrogen-bond donors (Lipinski definition) is 1. The van der Waals surface area contributed by atoms with Crippen molar-refractivity contribution in [3.05, 3.63) is 70.4 Å². The molecule has 106 valence electrons. The average Bonchev–Trinajstić information content (AvgIpc) is 2.51. The summed E-state index contributed by atoms with van der Waals surface area (Å²) in [6.45, 7) is 4.99. The Balaban J connectivity index is 1.92. The Kier molecular flexibility index (Phi) is 3.80. The summed E-state index contributed by atoms with van der Waals surface area (Å²) in [5.74, 6) is 0. The van der Waals surface area contributed by atoms with Gasteiger partial charge in [0.25, 0.3) is 0 Å². The number of pyridine rings is 1. The van der Waals surface area contributed by atoms with E-state index < -0.39 is 0 Å². The smallest absolute Gasteiger partial charge is 0.0766 e. The Labute approximate surface area is 129 Å². The molecule has 2 nitrogen and oxygen atoms in total. The van der Waals surface area contributed by atoms with Gasteiger partial charge in [-0.1, -0.05) is 29.8 Å². The van der Waals surface area contributed by atoms with Gasteiger partial charge in [0.05, 0.1) is 5.52 Å². The van der Waals surface area contributed by atoms with Gasteiger partial charge >= 0.3 is 0 Å². The molecule has 21 heavy (non-hydrogen) atoms. The van der Waals surface area contributed by atoms with E-state index in [1.807, 2.05) is 24.3 Å². The third-order valence-electron chi connectivity index (χ3n) is 3.87. The average molecular weight is 297 g/mol. The first-order valence-electron chi connectivity index (χ1n) is 6.99. The van der Waals surface area contributed by atoms with E-state index in [1.165, 1.54) is 11.1 Å². The van der Waals surface area contributed by atoms with Gasteiger partial charge in [-0.15, -0.1) is 0 Å². The quantitative estimate of drug-likeness (QED) is 0.726. The second kappa shape index (κ2) is 5.74. The van der Waals surface area contributed by atoms with Crippen molar-refractivity contribution in [3.8, 4) is 0 Å². The summed E-state index contributed by atoms with van der Waals surface area (Å²) in [4.78, 5) is 4.47. The highest BCUT2D eigenvalue weighted by molar-refractivity contribution is 6.35. The summed E-state index contributed by atoms with van der Waals surface area (Å²) < 4.78 is 0. The molecule has 2 aromatic carbocycles. The number of nitrogens with one attached hydrogen (secondary N) is 1. The Morgan fingerprint density at radius 2 is 1.90 bits per heavy atom. The Morgan fingerprint density at radius 3 is 2.76 bits per heavy atom.